The fourth-order valence-corrected chi connectivity index (χ4v) is 3.02. The molecule has 24 heavy (non-hydrogen) atoms. The Hall–Kier alpha value is -3.03. The summed E-state index contributed by atoms with van der Waals surface area (Å²) >= 11 is 0. The van der Waals surface area contributed by atoms with Crippen LogP contribution < -0.4 is 14.8 Å². The summed E-state index contributed by atoms with van der Waals surface area (Å²) in [6, 6.07) is 6.38. The molecule has 1 N–H and O–H groups in total. The molecule has 124 valence electrons. The van der Waals surface area contributed by atoms with Crippen LogP contribution in [0.4, 0.5) is 0 Å². The van der Waals surface area contributed by atoms with E-state index < -0.39 is 6.04 Å². The molecule has 3 heterocycles. The number of rotatable bonds is 2. The highest BCUT2D eigenvalue weighted by Crippen LogP contribution is 2.33. The van der Waals surface area contributed by atoms with E-state index in [2.05, 4.69) is 10.4 Å². The zero-order valence-corrected chi connectivity index (χ0v) is 13.1. The van der Waals surface area contributed by atoms with Gasteiger partial charge in [-0.1, -0.05) is 0 Å². The molecule has 0 unspecified atom stereocenters. The van der Waals surface area contributed by atoms with Crippen LogP contribution in [0.2, 0.25) is 0 Å². The van der Waals surface area contributed by atoms with Gasteiger partial charge in [-0.05, 0) is 24.3 Å². The van der Waals surface area contributed by atoms with E-state index in [1.54, 1.807) is 41.0 Å². The first kappa shape index (κ1) is 14.6. The minimum atomic E-state index is -0.535. The summed E-state index contributed by atoms with van der Waals surface area (Å²) in [6.07, 6.45) is 1.64. The van der Waals surface area contributed by atoms with Gasteiger partial charge in [0.25, 0.3) is 5.91 Å². The van der Waals surface area contributed by atoms with Crippen LogP contribution in [-0.4, -0.2) is 46.9 Å². The first-order chi connectivity index (χ1) is 11.7. The molecule has 2 amide bonds. The van der Waals surface area contributed by atoms with E-state index >= 15 is 0 Å². The SMILES string of the molecule is CNC(=O)[C@H]1CN(C(=O)c2ccc3c(c2)OCO3)Cc2ccnn21. The molecule has 2 aliphatic heterocycles. The van der Waals surface area contributed by atoms with Crippen LogP contribution in [0.1, 0.15) is 22.1 Å². The average Bonchev–Trinajstić information content (AvgIpc) is 3.27. The molecule has 4 rings (SSSR count). The third kappa shape index (κ3) is 2.27. The van der Waals surface area contributed by atoms with Crippen molar-refractivity contribution in [1.29, 1.82) is 0 Å². The number of hydrogen-bond acceptors (Lipinski definition) is 5. The molecule has 2 aromatic rings. The van der Waals surface area contributed by atoms with Crippen molar-refractivity contribution >= 4 is 11.8 Å². The van der Waals surface area contributed by atoms with E-state index in [0.717, 1.165) is 5.69 Å². The largest absolute Gasteiger partial charge is 0.454 e. The highest BCUT2D eigenvalue weighted by molar-refractivity contribution is 5.95. The molecule has 0 radical (unpaired) electrons. The second-order valence-electron chi connectivity index (χ2n) is 5.65. The second-order valence-corrected chi connectivity index (χ2v) is 5.65. The standard InChI is InChI=1S/C16H16N4O4/c1-17-15(21)12-8-19(7-11-4-5-18-20(11)12)16(22)10-2-3-13-14(6-10)24-9-23-13/h2-6,12H,7-9H2,1H3,(H,17,21)/t12-/m1/s1. The maximum Gasteiger partial charge on any atom is 0.254 e. The fourth-order valence-electron chi connectivity index (χ4n) is 3.02. The number of aromatic nitrogens is 2. The number of nitrogens with zero attached hydrogens (tertiary/aromatic N) is 3. The van der Waals surface area contributed by atoms with Gasteiger partial charge in [0.05, 0.1) is 18.8 Å². The van der Waals surface area contributed by atoms with Crippen LogP contribution in [0.25, 0.3) is 0 Å². The number of hydrogen-bond donors (Lipinski definition) is 1. The van der Waals surface area contributed by atoms with E-state index in [0.29, 0.717) is 23.6 Å². The van der Waals surface area contributed by atoms with Crippen LogP contribution in [0.15, 0.2) is 30.5 Å². The molecule has 0 bridgehead atoms. The molecule has 0 saturated heterocycles. The van der Waals surface area contributed by atoms with Crippen molar-refractivity contribution in [1.82, 2.24) is 20.0 Å². The Labute approximate surface area is 137 Å². The van der Waals surface area contributed by atoms with Crippen LogP contribution in [0.5, 0.6) is 11.5 Å². The monoisotopic (exact) mass is 328 g/mol. The molecule has 8 heteroatoms. The zero-order valence-electron chi connectivity index (χ0n) is 13.1. The first-order valence-corrected chi connectivity index (χ1v) is 7.60. The predicted molar refractivity (Wildman–Crippen MR) is 82.6 cm³/mol. The quantitative estimate of drug-likeness (QED) is 0.870. The Morgan fingerprint density at radius 1 is 1.25 bits per heavy atom. The Bertz CT molecular complexity index is 816. The molecule has 0 saturated carbocycles. The van der Waals surface area contributed by atoms with E-state index in [-0.39, 0.29) is 25.2 Å². The average molecular weight is 328 g/mol. The molecule has 8 nitrogen and oxygen atoms in total. The van der Waals surface area contributed by atoms with Gasteiger partial charge in [-0.25, -0.2) is 0 Å². The van der Waals surface area contributed by atoms with Gasteiger partial charge in [-0.15, -0.1) is 0 Å². The highest BCUT2D eigenvalue weighted by atomic mass is 16.7. The minimum absolute atomic E-state index is 0.158. The van der Waals surface area contributed by atoms with Crippen LogP contribution in [0, 0.1) is 0 Å². The lowest BCUT2D eigenvalue weighted by molar-refractivity contribution is -0.125. The van der Waals surface area contributed by atoms with Crippen molar-refractivity contribution in [3.63, 3.8) is 0 Å². The molecule has 0 spiro atoms. The minimum Gasteiger partial charge on any atom is -0.454 e. The second kappa shape index (κ2) is 5.55. The van der Waals surface area contributed by atoms with Gasteiger partial charge in [0.15, 0.2) is 11.5 Å². The van der Waals surface area contributed by atoms with E-state index in [1.807, 2.05) is 6.07 Å². The van der Waals surface area contributed by atoms with Crippen molar-refractivity contribution < 1.29 is 19.1 Å². The van der Waals surface area contributed by atoms with Gasteiger partial charge in [-0.2, -0.15) is 5.10 Å². The maximum atomic E-state index is 12.9. The van der Waals surface area contributed by atoms with Crippen molar-refractivity contribution in [2.75, 3.05) is 20.4 Å². The lowest BCUT2D eigenvalue weighted by atomic mass is 10.1. The smallest absolute Gasteiger partial charge is 0.254 e. The number of benzene rings is 1. The molecule has 0 fully saturated rings. The predicted octanol–water partition coefficient (Wildman–Crippen LogP) is 0.555. The third-order valence-electron chi connectivity index (χ3n) is 4.25. The summed E-state index contributed by atoms with van der Waals surface area (Å²) < 4.78 is 12.3. The van der Waals surface area contributed by atoms with Crippen molar-refractivity contribution in [2.45, 2.75) is 12.6 Å². The lowest BCUT2D eigenvalue weighted by Crippen LogP contribution is -2.46. The molecule has 2 aliphatic rings. The molecule has 1 atom stereocenters. The summed E-state index contributed by atoms with van der Waals surface area (Å²) in [5.74, 6) is 0.857. The van der Waals surface area contributed by atoms with Gasteiger partial charge >= 0.3 is 0 Å². The lowest BCUT2D eigenvalue weighted by Gasteiger charge is -2.33. The van der Waals surface area contributed by atoms with Gasteiger partial charge in [0.2, 0.25) is 12.7 Å². The highest BCUT2D eigenvalue weighted by Gasteiger charge is 2.33. The summed E-state index contributed by atoms with van der Waals surface area (Å²) in [7, 11) is 1.57. The number of ether oxygens (including phenoxy) is 2. The number of carbonyl (C=O) groups is 2. The number of carbonyl (C=O) groups excluding carboxylic acids is 2. The van der Waals surface area contributed by atoms with Crippen molar-refractivity contribution in [3.05, 3.63) is 41.7 Å². The summed E-state index contributed by atoms with van der Waals surface area (Å²) in [5.41, 5.74) is 1.33. The first-order valence-electron chi connectivity index (χ1n) is 7.60. The van der Waals surface area contributed by atoms with Crippen LogP contribution in [-0.2, 0) is 11.3 Å². The fraction of sp³-hybridized carbons (Fsp3) is 0.312. The molecule has 0 aliphatic carbocycles. The Balaban J connectivity index is 1.62. The number of nitrogens with one attached hydrogen (secondary N) is 1. The van der Waals surface area contributed by atoms with Crippen molar-refractivity contribution in [2.24, 2.45) is 0 Å². The number of fused-ring (bicyclic) bond motifs is 2. The van der Waals surface area contributed by atoms with E-state index in [9.17, 15) is 9.59 Å². The molecule has 1 aromatic carbocycles. The zero-order chi connectivity index (χ0) is 16.7. The third-order valence-corrected chi connectivity index (χ3v) is 4.25. The Kier molecular flexibility index (Phi) is 3.37. The van der Waals surface area contributed by atoms with E-state index in [1.165, 1.54) is 0 Å². The van der Waals surface area contributed by atoms with E-state index in [4.69, 9.17) is 9.47 Å². The Morgan fingerprint density at radius 3 is 2.92 bits per heavy atom. The Morgan fingerprint density at radius 2 is 2.08 bits per heavy atom. The molecular formula is C16H16N4O4. The maximum absolute atomic E-state index is 12.9. The summed E-state index contributed by atoms with van der Waals surface area (Å²) in [4.78, 5) is 26.6. The number of likely N-dealkylation sites (N-methyl/N-ethyl adjacent to an activating group) is 1. The van der Waals surface area contributed by atoms with Gasteiger partial charge in [0, 0.05) is 18.8 Å². The van der Waals surface area contributed by atoms with Crippen LogP contribution in [0.3, 0.4) is 0 Å². The summed E-state index contributed by atoms with van der Waals surface area (Å²) in [5, 5.41) is 6.83. The van der Waals surface area contributed by atoms with Crippen LogP contribution >= 0.6 is 0 Å². The molecule has 1 aromatic heterocycles. The van der Waals surface area contributed by atoms with Gasteiger partial charge < -0.3 is 19.7 Å². The number of amides is 2. The van der Waals surface area contributed by atoms with Gasteiger partial charge in [0.1, 0.15) is 6.04 Å². The summed E-state index contributed by atoms with van der Waals surface area (Å²) in [6.45, 7) is 0.830. The van der Waals surface area contributed by atoms with Gasteiger partial charge in [-0.3, -0.25) is 14.3 Å². The normalized spacial score (nSPS) is 18.2. The molecular weight excluding hydrogens is 312 g/mol. The topological polar surface area (TPSA) is 85.7 Å². The van der Waals surface area contributed by atoms with Crippen molar-refractivity contribution in [3.8, 4) is 11.5 Å².